The molecule has 0 radical (unpaired) electrons. The highest BCUT2D eigenvalue weighted by molar-refractivity contribution is 7.89. The van der Waals surface area contributed by atoms with Crippen molar-refractivity contribution in [1.82, 2.24) is 4.31 Å². The summed E-state index contributed by atoms with van der Waals surface area (Å²) >= 11 is 6.02. The number of carbonyl (C=O) groups is 1. The van der Waals surface area contributed by atoms with Gasteiger partial charge in [0.2, 0.25) is 10.0 Å². The third kappa shape index (κ3) is 5.76. The number of aliphatic carboxylic acids is 1. The van der Waals surface area contributed by atoms with E-state index in [0.29, 0.717) is 16.3 Å². The number of sulfonamides is 1. The molecule has 0 amide bonds. The van der Waals surface area contributed by atoms with Crippen molar-refractivity contribution >= 4 is 40.0 Å². The van der Waals surface area contributed by atoms with Gasteiger partial charge in [-0.3, -0.25) is 4.79 Å². The molecule has 1 fully saturated rings. The predicted molar refractivity (Wildman–Crippen MR) is 132 cm³/mol. The van der Waals surface area contributed by atoms with Crippen LogP contribution in [-0.4, -0.2) is 42.9 Å². The molecule has 0 bridgehead atoms. The number of nitrogens with two attached hydrogens (primary N) is 1. The Morgan fingerprint density at radius 3 is 2.34 bits per heavy atom. The van der Waals surface area contributed by atoms with Crippen LogP contribution in [-0.2, 0) is 26.8 Å². The fourth-order valence-corrected chi connectivity index (χ4v) is 5.54. The van der Waals surface area contributed by atoms with Gasteiger partial charge in [0.15, 0.2) is 5.60 Å². The molecular weight excluding hydrogens is 518 g/mol. The van der Waals surface area contributed by atoms with Gasteiger partial charge < -0.3 is 15.6 Å². The molecule has 1 heterocycles. The van der Waals surface area contributed by atoms with Crippen LogP contribution in [0.15, 0.2) is 77.7 Å². The molecule has 3 N–H and O–H groups in total. The molecular formula is C24H23Cl2FN2O5S. The van der Waals surface area contributed by atoms with E-state index in [1.54, 1.807) is 36.4 Å². The van der Waals surface area contributed by atoms with E-state index in [-0.39, 0.29) is 36.8 Å². The van der Waals surface area contributed by atoms with Crippen LogP contribution in [0.25, 0.3) is 0 Å². The molecule has 35 heavy (non-hydrogen) atoms. The summed E-state index contributed by atoms with van der Waals surface area (Å²) in [5, 5.41) is 9.56. The zero-order valence-electron chi connectivity index (χ0n) is 18.3. The maximum atomic E-state index is 13.3. The first-order valence-electron chi connectivity index (χ1n) is 10.4. The fourth-order valence-electron chi connectivity index (χ4n) is 3.80. The van der Waals surface area contributed by atoms with E-state index in [4.69, 9.17) is 27.2 Å². The molecule has 1 atom stereocenters. The van der Waals surface area contributed by atoms with Crippen molar-refractivity contribution in [1.29, 1.82) is 0 Å². The van der Waals surface area contributed by atoms with E-state index in [2.05, 4.69) is 0 Å². The lowest BCUT2D eigenvalue weighted by Gasteiger charge is -2.48. The molecule has 0 aromatic heterocycles. The Hall–Kier alpha value is -2.69. The van der Waals surface area contributed by atoms with E-state index < -0.39 is 33.5 Å². The molecule has 11 heteroatoms. The minimum absolute atomic E-state index is 0. The average molecular weight is 541 g/mol. The number of carboxylic acids is 1. The fraction of sp³-hybridized carbons (Fsp3) is 0.208. The Labute approximate surface area is 213 Å². The zero-order chi connectivity index (χ0) is 24.5. The molecule has 3 aromatic rings. The summed E-state index contributed by atoms with van der Waals surface area (Å²) in [6.45, 7) is 0.0421. The minimum Gasteiger partial charge on any atom is -0.480 e. The molecule has 3 aromatic carbocycles. The topological polar surface area (TPSA) is 110 Å². The van der Waals surface area contributed by atoms with Crippen molar-refractivity contribution in [3.8, 4) is 5.75 Å². The van der Waals surface area contributed by atoms with Crippen LogP contribution in [0.2, 0.25) is 5.02 Å². The summed E-state index contributed by atoms with van der Waals surface area (Å²) in [4.78, 5) is 11.1. The first-order valence-corrected chi connectivity index (χ1v) is 12.2. The lowest BCUT2D eigenvalue weighted by atomic mass is 9.87. The summed E-state index contributed by atoms with van der Waals surface area (Å²) in [6.07, 6.45) is 0.00107. The second kappa shape index (κ2) is 10.5. The normalized spacial score (nSPS) is 16.0. The number of hydrogen-bond donors (Lipinski definition) is 2. The first kappa shape index (κ1) is 26.9. The first-order chi connectivity index (χ1) is 16.1. The molecule has 1 aliphatic heterocycles. The summed E-state index contributed by atoms with van der Waals surface area (Å²) < 4.78 is 47.4. The molecule has 0 saturated carbocycles. The smallest absolute Gasteiger partial charge is 0.320 e. The maximum Gasteiger partial charge on any atom is 0.320 e. The van der Waals surface area contributed by atoms with Crippen molar-refractivity contribution in [3.63, 3.8) is 0 Å². The molecule has 0 unspecified atom stereocenters. The van der Waals surface area contributed by atoms with Crippen LogP contribution in [0.4, 0.5) is 4.39 Å². The van der Waals surface area contributed by atoms with Gasteiger partial charge in [-0.1, -0.05) is 35.9 Å². The van der Waals surface area contributed by atoms with Crippen LogP contribution in [0, 0.1) is 5.82 Å². The Morgan fingerprint density at radius 2 is 1.74 bits per heavy atom. The van der Waals surface area contributed by atoms with Gasteiger partial charge in [0.1, 0.15) is 17.6 Å². The number of hydrogen-bond acceptors (Lipinski definition) is 5. The van der Waals surface area contributed by atoms with Crippen molar-refractivity contribution in [2.75, 3.05) is 13.1 Å². The van der Waals surface area contributed by atoms with E-state index in [1.165, 1.54) is 40.7 Å². The molecule has 0 spiro atoms. The van der Waals surface area contributed by atoms with Crippen molar-refractivity contribution in [2.24, 2.45) is 5.73 Å². The molecule has 7 nitrogen and oxygen atoms in total. The minimum atomic E-state index is -3.89. The van der Waals surface area contributed by atoms with Gasteiger partial charge in [0.25, 0.3) is 0 Å². The SMILES string of the molecule is Cl.N[C@@H](Cc1cccc(S(=O)(=O)N2CC(Oc3ccc(F)cc3)(c3ccc(Cl)cc3)C2)c1)C(=O)O. The summed E-state index contributed by atoms with van der Waals surface area (Å²) in [5.74, 6) is -1.17. The molecule has 1 aliphatic rings. The van der Waals surface area contributed by atoms with Crippen LogP contribution >= 0.6 is 24.0 Å². The Bertz CT molecular complexity index is 1300. The van der Waals surface area contributed by atoms with E-state index in [1.807, 2.05) is 0 Å². The highest BCUT2D eigenvalue weighted by atomic mass is 35.5. The summed E-state index contributed by atoms with van der Waals surface area (Å²) in [5.41, 5.74) is 5.84. The third-order valence-electron chi connectivity index (χ3n) is 5.67. The Balaban J connectivity index is 0.00000342. The van der Waals surface area contributed by atoms with Gasteiger partial charge in [-0.2, -0.15) is 4.31 Å². The zero-order valence-corrected chi connectivity index (χ0v) is 20.7. The Morgan fingerprint density at radius 1 is 1.11 bits per heavy atom. The second-order valence-electron chi connectivity index (χ2n) is 8.13. The number of halogens is 3. The number of ether oxygens (including phenoxy) is 1. The largest absolute Gasteiger partial charge is 0.480 e. The standard InChI is InChI=1S/C24H22ClFN2O5S.ClH/c25-18-6-4-17(5-7-18)24(33-20-10-8-19(26)9-11-20)14-28(15-24)34(31,32)21-3-1-2-16(12-21)13-22(27)23(29)30;/h1-12,22H,13-15,27H2,(H,29,30);1H/t22-;/m0./s1. The number of rotatable bonds is 8. The van der Waals surface area contributed by atoms with E-state index in [9.17, 15) is 17.6 Å². The molecule has 1 saturated heterocycles. The maximum absolute atomic E-state index is 13.3. The van der Waals surface area contributed by atoms with Crippen LogP contribution < -0.4 is 10.5 Å². The number of carboxylic acid groups (broad SMARTS) is 1. The second-order valence-corrected chi connectivity index (χ2v) is 10.5. The predicted octanol–water partition coefficient (Wildman–Crippen LogP) is 3.83. The molecule has 4 rings (SSSR count). The molecule has 0 aliphatic carbocycles. The average Bonchev–Trinajstić information content (AvgIpc) is 2.78. The van der Waals surface area contributed by atoms with Crippen LogP contribution in [0.1, 0.15) is 11.1 Å². The lowest BCUT2D eigenvalue weighted by molar-refractivity contribution is -0.138. The van der Waals surface area contributed by atoms with Crippen molar-refractivity contribution < 1.29 is 27.4 Å². The highest BCUT2D eigenvalue weighted by Gasteiger charge is 2.52. The summed E-state index contributed by atoms with van der Waals surface area (Å²) in [7, 11) is -3.89. The third-order valence-corrected chi connectivity index (χ3v) is 7.71. The van der Waals surface area contributed by atoms with E-state index >= 15 is 0 Å². The van der Waals surface area contributed by atoms with E-state index in [0.717, 1.165) is 5.56 Å². The quantitative estimate of drug-likeness (QED) is 0.449. The lowest BCUT2D eigenvalue weighted by Crippen LogP contribution is -2.64. The van der Waals surface area contributed by atoms with Crippen LogP contribution in [0.3, 0.4) is 0 Å². The monoisotopic (exact) mass is 540 g/mol. The Kier molecular flexibility index (Phi) is 8.08. The van der Waals surface area contributed by atoms with Gasteiger partial charge in [0.05, 0.1) is 18.0 Å². The molecule has 186 valence electrons. The van der Waals surface area contributed by atoms with Crippen molar-refractivity contribution in [2.45, 2.75) is 23.0 Å². The van der Waals surface area contributed by atoms with Crippen LogP contribution in [0.5, 0.6) is 5.75 Å². The van der Waals surface area contributed by atoms with Gasteiger partial charge in [-0.25, -0.2) is 12.8 Å². The number of nitrogens with zero attached hydrogens (tertiary/aromatic N) is 1. The van der Waals surface area contributed by atoms with Crippen molar-refractivity contribution in [3.05, 3.63) is 94.8 Å². The number of benzene rings is 3. The van der Waals surface area contributed by atoms with Gasteiger partial charge in [0, 0.05) is 5.02 Å². The van der Waals surface area contributed by atoms with Gasteiger partial charge in [-0.05, 0) is 66.1 Å². The van der Waals surface area contributed by atoms with Gasteiger partial charge in [-0.15, -0.1) is 12.4 Å². The van der Waals surface area contributed by atoms with Gasteiger partial charge >= 0.3 is 5.97 Å². The highest BCUT2D eigenvalue weighted by Crippen LogP contribution is 2.40. The summed E-state index contributed by atoms with van der Waals surface area (Å²) in [6, 6.07) is 17.4.